The first kappa shape index (κ1) is 12.6. The molecule has 3 aromatic heterocycles. The number of nitrogens with one attached hydrogen (secondary N) is 1. The van der Waals surface area contributed by atoms with Gasteiger partial charge < -0.3 is 5.32 Å². The van der Waals surface area contributed by atoms with Gasteiger partial charge in [-0.25, -0.2) is 4.98 Å². The number of nitrogens with zero attached hydrogens (tertiary/aromatic N) is 4. The smallest absolute Gasteiger partial charge is 0.157 e. The Morgan fingerprint density at radius 3 is 2.85 bits per heavy atom. The number of aryl methyl sites for hydroxylation is 2. The van der Waals surface area contributed by atoms with Crippen LogP contribution in [-0.4, -0.2) is 26.1 Å². The summed E-state index contributed by atoms with van der Waals surface area (Å²) in [5.41, 5.74) is 3.91. The van der Waals surface area contributed by atoms with Gasteiger partial charge in [0, 0.05) is 42.7 Å². The largest absolute Gasteiger partial charge is 0.370 e. The van der Waals surface area contributed by atoms with Crippen LogP contribution in [-0.2, 0) is 6.42 Å². The van der Waals surface area contributed by atoms with E-state index in [1.807, 2.05) is 54.9 Å². The van der Waals surface area contributed by atoms with Crippen LogP contribution in [0.5, 0.6) is 0 Å². The monoisotopic (exact) mass is 267 g/mol. The topological polar surface area (TPSA) is 55.1 Å². The number of anilines is 1. The average molecular weight is 267 g/mol. The number of fused-ring (bicyclic) bond motifs is 1. The van der Waals surface area contributed by atoms with Crippen molar-refractivity contribution in [2.75, 3.05) is 11.9 Å². The van der Waals surface area contributed by atoms with E-state index in [0.29, 0.717) is 0 Å². The molecule has 0 bridgehead atoms. The number of aromatic nitrogens is 4. The van der Waals surface area contributed by atoms with Crippen LogP contribution in [0.3, 0.4) is 0 Å². The molecule has 20 heavy (non-hydrogen) atoms. The van der Waals surface area contributed by atoms with Gasteiger partial charge in [0.1, 0.15) is 5.82 Å². The van der Waals surface area contributed by atoms with Crippen molar-refractivity contribution in [1.82, 2.24) is 19.6 Å². The molecule has 3 heterocycles. The summed E-state index contributed by atoms with van der Waals surface area (Å²) in [6.45, 7) is 4.78. The van der Waals surface area contributed by atoms with E-state index >= 15 is 0 Å². The number of hydrogen-bond donors (Lipinski definition) is 1. The Labute approximate surface area is 117 Å². The molecule has 102 valence electrons. The Balaban J connectivity index is 1.77. The summed E-state index contributed by atoms with van der Waals surface area (Å²) in [4.78, 5) is 8.79. The van der Waals surface area contributed by atoms with E-state index in [4.69, 9.17) is 0 Å². The summed E-state index contributed by atoms with van der Waals surface area (Å²) in [6.07, 6.45) is 2.70. The minimum absolute atomic E-state index is 0.814. The third-order valence-electron chi connectivity index (χ3n) is 3.09. The summed E-state index contributed by atoms with van der Waals surface area (Å²) in [5.74, 6) is 0.969. The van der Waals surface area contributed by atoms with Gasteiger partial charge in [-0.05, 0) is 26.0 Å². The van der Waals surface area contributed by atoms with E-state index in [2.05, 4.69) is 20.4 Å². The summed E-state index contributed by atoms with van der Waals surface area (Å²) in [5, 5.41) is 7.87. The van der Waals surface area contributed by atoms with Crippen LogP contribution < -0.4 is 5.32 Å². The Morgan fingerprint density at radius 1 is 1.15 bits per heavy atom. The van der Waals surface area contributed by atoms with E-state index in [0.717, 1.165) is 41.5 Å². The predicted octanol–water partition coefficient (Wildman–Crippen LogP) is 2.40. The lowest BCUT2D eigenvalue weighted by atomic mass is 10.3. The molecule has 0 spiro atoms. The normalized spacial score (nSPS) is 10.9. The van der Waals surface area contributed by atoms with E-state index in [-0.39, 0.29) is 0 Å². The van der Waals surface area contributed by atoms with Gasteiger partial charge in [0.15, 0.2) is 5.65 Å². The van der Waals surface area contributed by atoms with Crippen LogP contribution in [0.15, 0.2) is 36.5 Å². The van der Waals surface area contributed by atoms with Gasteiger partial charge >= 0.3 is 0 Å². The highest BCUT2D eigenvalue weighted by molar-refractivity contribution is 5.50. The first-order valence-electron chi connectivity index (χ1n) is 6.70. The maximum Gasteiger partial charge on any atom is 0.157 e. The van der Waals surface area contributed by atoms with E-state index < -0.39 is 0 Å². The molecule has 5 nitrogen and oxygen atoms in total. The van der Waals surface area contributed by atoms with Gasteiger partial charge in [0.25, 0.3) is 0 Å². The molecule has 3 rings (SSSR count). The van der Waals surface area contributed by atoms with E-state index in [1.165, 1.54) is 0 Å². The van der Waals surface area contributed by atoms with Gasteiger partial charge in [-0.1, -0.05) is 6.07 Å². The molecular formula is C15H17N5. The van der Waals surface area contributed by atoms with Gasteiger partial charge in [-0.3, -0.25) is 4.98 Å². The lowest BCUT2D eigenvalue weighted by Gasteiger charge is -2.09. The molecule has 0 aliphatic rings. The van der Waals surface area contributed by atoms with Gasteiger partial charge in [-0.2, -0.15) is 9.61 Å². The summed E-state index contributed by atoms with van der Waals surface area (Å²) < 4.78 is 1.85. The zero-order valence-electron chi connectivity index (χ0n) is 11.7. The highest BCUT2D eigenvalue weighted by atomic mass is 15.3. The molecule has 0 atom stereocenters. The SMILES string of the molecule is Cc1cc(NCCc2ccccn2)n2nc(C)cc2n1. The number of hydrogen-bond acceptors (Lipinski definition) is 4. The fourth-order valence-electron chi connectivity index (χ4n) is 2.21. The van der Waals surface area contributed by atoms with Crippen LogP contribution >= 0.6 is 0 Å². The Bertz CT molecular complexity index is 718. The third-order valence-corrected chi connectivity index (χ3v) is 3.09. The summed E-state index contributed by atoms with van der Waals surface area (Å²) in [7, 11) is 0. The van der Waals surface area contributed by atoms with Crippen LogP contribution in [0.1, 0.15) is 17.1 Å². The van der Waals surface area contributed by atoms with Crippen molar-refractivity contribution in [1.29, 1.82) is 0 Å². The summed E-state index contributed by atoms with van der Waals surface area (Å²) in [6, 6.07) is 9.97. The van der Waals surface area contributed by atoms with Gasteiger partial charge in [0.2, 0.25) is 0 Å². The van der Waals surface area contributed by atoms with Crippen molar-refractivity contribution in [3.8, 4) is 0 Å². The Kier molecular flexibility index (Phi) is 3.33. The van der Waals surface area contributed by atoms with Gasteiger partial charge in [0.05, 0.1) is 5.69 Å². The van der Waals surface area contributed by atoms with Crippen LogP contribution in [0, 0.1) is 13.8 Å². The molecule has 1 N–H and O–H groups in total. The quantitative estimate of drug-likeness (QED) is 0.788. The van der Waals surface area contributed by atoms with Crippen LogP contribution in [0.2, 0.25) is 0 Å². The molecule has 0 saturated carbocycles. The van der Waals surface area contributed by atoms with Crippen molar-refractivity contribution in [2.24, 2.45) is 0 Å². The molecule has 0 saturated heterocycles. The molecule has 0 radical (unpaired) electrons. The number of pyridine rings is 1. The summed E-state index contributed by atoms with van der Waals surface area (Å²) >= 11 is 0. The lowest BCUT2D eigenvalue weighted by Crippen LogP contribution is -2.10. The fourth-order valence-corrected chi connectivity index (χ4v) is 2.21. The molecule has 0 aromatic carbocycles. The van der Waals surface area contributed by atoms with Crippen LogP contribution in [0.25, 0.3) is 5.65 Å². The highest BCUT2D eigenvalue weighted by Gasteiger charge is 2.06. The first-order valence-corrected chi connectivity index (χ1v) is 6.70. The molecule has 0 aliphatic heterocycles. The van der Waals surface area contributed by atoms with Crippen molar-refractivity contribution in [2.45, 2.75) is 20.3 Å². The van der Waals surface area contributed by atoms with Crippen molar-refractivity contribution >= 4 is 11.5 Å². The predicted molar refractivity (Wildman–Crippen MR) is 78.9 cm³/mol. The van der Waals surface area contributed by atoms with Crippen molar-refractivity contribution in [3.63, 3.8) is 0 Å². The zero-order chi connectivity index (χ0) is 13.9. The maximum atomic E-state index is 4.47. The fraction of sp³-hybridized carbons (Fsp3) is 0.267. The third kappa shape index (κ3) is 2.61. The van der Waals surface area contributed by atoms with Crippen molar-refractivity contribution < 1.29 is 0 Å². The van der Waals surface area contributed by atoms with E-state index in [9.17, 15) is 0 Å². The van der Waals surface area contributed by atoms with E-state index in [1.54, 1.807) is 0 Å². The highest BCUT2D eigenvalue weighted by Crippen LogP contribution is 2.13. The minimum atomic E-state index is 0.814. The second-order valence-electron chi connectivity index (χ2n) is 4.84. The van der Waals surface area contributed by atoms with Crippen molar-refractivity contribution in [3.05, 3.63) is 53.6 Å². The molecule has 5 heteroatoms. The average Bonchev–Trinajstić information content (AvgIpc) is 2.80. The molecule has 3 aromatic rings. The zero-order valence-corrected chi connectivity index (χ0v) is 11.7. The first-order chi connectivity index (χ1) is 9.72. The van der Waals surface area contributed by atoms with Crippen LogP contribution in [0.4, 0.5) is 5.82 Å². The molecule has 0 aliphatic carbocycles. The maximum absolute atomic E-state index is 4.47. The molecule has 0 unspecified atom stereocenters. The lowest BCUT2D eigenvalue weighted by molar-refractivity contribution is 0.884. The van der Waals surface area contributed by atoms with Gasteiger partial charge in [-0.15, -0.1) is 0 Å². The molecular weight excluding hydrogens is 250 g/mol. The molecule has 0 fully saturated rings. The standard InChI is InChI=1S/C15H17N5/c1-11-9-14(20-15(18-11)10-12(2)19-20)17-8-6-13-5-3-4-7-16-13/h3-5,7,9-10,17H,6,8H2,1-2H3. The number of rotatable bonds is 4. The second-order valence-corrected chi connectivity index (χ2v) is 4.84. The minimum Gasteiger partial charge on any atom is -0.370 e. The molecule has 0 amide bonds. The Hall–Kier alpha value is -2.43. The Morgan fingerprint density at radius 2 is 2.05 bits per heavy atom. The second kappa shape index (κ2) is 5.28.